The number of rotatable bonds is 19. The number of amides is 4. The highest BCUT2D eigenvalue weighted by Crippen LogP contribution is 2.05. The molecule has 0 saturated heterocycles. The molecule has 39 heavy (non-hydrogen) atoms. The second kappa shape index (κ2) is 17.6. The third-order valence-corrected chi connectivity index (χ3v) is 5.39. The first-order valence-electron chi connectivity index (χ1n) is 12.1. The maximum atomic E-state index is 12.9. The van der Waals surface area contributed by atoms with Crippen molar-refractivity contribution in [2.24, 2.45) is 11.5 Å². The first-order chi connectivity index (χ1) is 18.1. The van der Waals surface area contributed by atoms with Crippen LogP contribution in [-0.4, -0.2) is 105 Å². The molecule has 17 heteroatoms. The Kier molecular flexibility index (Phi) is 15.9. The van der Waals surface area contributed by atoms with Gasteiger partial charge in [0.2, 0.25) is 23.6 Å². The fraction of sp³-hybridized carbons (Fsp3) is 0.682. The second-order valence-electron chi connectivity index (χ2n) is 8.84. The monoisotopic (exact) mass is 562 g/mol. The van der Waals surface area contributed by atoms with Gasteiger partial charge in [-0.1, -0.05) is 0 Å². The van der Waals surface area contributed by atoms with Gasteiger partial charge >= 0.3 is 17.9 Å². The average molecular weight is 563 g/mol. The topological polar surface area (TPSA) is 301 Å². The van der Waals surface area contributed by atoms with Gasteiger partial charge in [0.05, 0.1) is 18.6 Å². The van der Waals surface area contributed by atoms with Crippen molar-refractivity contribution < 1.29 is 54.0 Å². The van der Waals surface area contributed by atoms with Crippen LogP contribution in [0.3, 0.4) is 0 Å². The lowest BCUT2D eigenvalue weighted by Gasteiger charge is -2.26. The van der Waals surface area contributed by atoms with Gasteiger partial charge in [-0.2, -0.15) is 0 Å². The summed E-state index contributed by atoms with van der Waals surface area (Å²) in [5.41, 5.74) is 11.0. The van der Waals surface area contributed by atoms with Crippen LogP contribution in [0.2, 0.25) is 0 Å². The van der Waals surface area contributed by atoms with E-state index in [-0.39, 0.29) is 19.4 Å². The fourth-order valence-corrected chi connectivity index (χ4v) is 3.13. The van der Waals surface area contributed by atoms with Gasteiger partial charge in [-0.25, -0.2) is 0 Å². The van der Waals surface area contributed by atoms with Crippen molar-refractivity contribution in [2.75, 3.05) is 6.54 Å². The van der Waals surface area contributed by atoms with Crippen LogP contribution >= 0.6 is 0 Å². The van der Waals surface area contributed by atoms with E-state index in [1.165, 1.54) is 6.92 Å². The van der Waals surface area contributed by atoms with Crippen molar-refractivity contribution >= 4 is 41.5 Å². The van der Waals surface area contributed by atoms with E-state index >= 15 is 0 Å². The number of unbranched alkanes of at least 4 members (excludes halogenated alkanes) is 1. The highest BCUT2D eigenvalue weighted by molar-refractivity contribution is 5.97. The summed E-state index contributed by atoms with van der Waals surface area (Å²) in [6.07, 6.45) is -2.35. The summed E-state index contributed by atoms with van der Waals surface area (Å²) in [6, 6.07) is -7.39. The minimum atomic E-state index is -1.77. The van der Waals surface area contributed by atoms with Crippen LogP contribution in [0.1, 0.15) is 52.4 Å². The van der Waals surface area contributed by atoms with Crippen LogP contribution in [-0.2, 0) is 33.6 Å². The Balaban J connectivity index is 5.67. The summed E-state index contributed by atoms with van der Waals surface area (Å²) in [5.74, 6) is -8.14. The quantitative estimate of drug-likeness (QED) is 0.0676. The standard InChI is InChI=1S/C22H38N6O11/c1-10(22(38)39)25-19(35)13(5-3-4-8-23)26-20(36)14(9-16(32)33)27-21(37)17(11(2)29)28-18(34)12(24)6-7-15(30)31/h10-14,17,29H,3-9,23-24H2,1-2H3,(H,25,35)(H,26,36)(H,27,37)(H,28,34)(H,30,31)(H,32,33)(H,38,39)/t10-,11+,12-,13-,14-,17-/m0/s1. The van der Waals surface area contributed by atoms with Gasteiger partial charge in [0.1, 0.15) is 24.2 Å². The number of aliphatic hydroxyl groups is 1. The molecule has 222 valence electrons. The predicted octanol–water partition coefficient (Wildman–Crippen LogP) is -3.79. The largest absolute Gasteiger partial charge is 0.481 e. The lowest BCUT2D eigenvalue weighted by Crippen LogP contribution is -2.60. The lowest BCUT2D eigenvalue weighted by molar-refractivity contribution is -0.143. The van der Waals surface area contributed by atoms with Gasteiger partial charge in [0, 0.05) is 6.42 Å². The Morgan fingerprint density at radius 1 is 0.718 bits per heavy atom. The van der Waals surface area contributed by atoms with Crippen LogP contribution in [0.4, 0.5) is 0 Å². The molecular weight excluding hydrogens is 524 g/mol. The van der Waals surface area contributed by atoms with Crippen molar-refractivity contribution in [1.29, 1.82) is 0 Å². The third-order valence-electron chi connectivity index (χ3n) is 5.39. The Labute approximate surface area is 224 Å². The molecule has 0 aromatic carbocycles. The SMILES string of the molecule is C[C@H](NC(=O)[C@H](CCCCN)NC(=O)[C@H](CC(=O)O)NC(=O)[C@@H](NC(=O)[C@@H](N)CCC(=O)O)[C@@H](C)O)C(=O)O. The zero-order chi connectivity index (χ0) is 30.3. The summed E-state index contributed by atoms with van der Waals surface area (Å²) in [6.45, 7) is 2.60. The van der Waals surface area contributed by atoms with E-state index in [0.717, 1.165) is 6.92 Å². The van der Waals surface area contributed by atoms with Crippen LogP contribution in [0.15, 0.2) is 0 Å². The van der Waals surface area contributed by atoms with E-state index in [0.29, 0.717) is 12.8 Å². The number of carbonyl (C=O) groups excluding carboxylic acids is 4. The number of aliphatic hydroxyl groups excluding tert-OH is 1. The molecule has 0 saturated carbocycles. The summed E-state index contributed by atoms with van der Waals surface area (Å²) in [5, 5.41) is 45.7. The summed E-state index contributed by atoms with van der Waals surface area (Å²) < 4.78 is 0. The Hall–Kier alpha value is -3.83. The molecule has 17 nitrogen and oxygen atoms in total. The first-order valence-corrected chi connectivity index (χ1v) is 12.1. The van der Waals surface area contributed by atoms with Crippen LogP contribution in [0.5, 0.6) is 0 Å². The molecule has 0 bridgehead atoms. The normalized spacial score (nSPS) is 15.4. The number of hydrogen-bond donors (Lipinski definition) is 10. The number of carboxylic acid groups (broad SMARTS) is 3. The minimum Gasteiger partial charge on any atom is -0.481 e. The highest BCUT2D eigenvalue weighted by atomic mass is 16.4. The molecule has 0 aliphatic heterocycles. The zero-order valence-corrected chi connectivity index (χ0v) is 21.7. The molecular formula is C22H38N6O11. The van der Waals surface area contributed by atoms with Gasteiger partial charge in [-0.15, -0.1) is 0 Å². The molecule has 0 aliphatic rings. The van der Waals surface area contributed by atoms with Gasteiger partial charge in [0.15, 0.2) is 0 Å². The molecule has 0 aromatic heterocycles. The van der Waals surface area contributed by atoms with Gasteiger partial charge < -0.3 is 53.2 Å². The van der Waals surface area contributed by atoms with Crippen LogP contribution < -0.4 is 32.7 Å². The number of carboxylic acids is 3. The average Bonchev–Trinajstić information content (AvgIpc) is 2.83. The smallest absolute Gasteiger partial charge is 0.325 e. The molecule has 0 aliphatic carbocycles. The third kappa shape index (κ3) is 14.0. The van der Waals surface area contributed by atoms with E-state index < -0.39 is 90.7 Å². The van der Waals surface area contributed by atoms with Crippen molar-refractivity contribution in [2.45, 2.75) is 88.7 Å². The van der Waals surface area contributed by atoms with E-state index in [1.54, 1.807) is 0 Å². The minimum absolute atomic E-state index is 0.0233. The molecule has 0 aromatic rings. The van der Waals surface area contributed by atoms with Crippen molar-refractivity contribution in [1.82, 2.24) is 21.3 Å². The number of nitrogens with two attached hydrogens (primary N) is 2. The lowest BCUT2D eigenvalue weighted by atomic mass is 10.1. The number of nitrogens with one attached hydrogen (secondary N) is 4. The first kappa shape index (κ1) is 35.2. The van der Waals surface area contributed by atoms with Gasteiger partial charge in [-0.3, -0.25) is 33.6 Å². The van der Waals surface area contributed by atoms with Gasteiger partial charge in [-0.05, 0) is 46.1 Å². The number of carbonyl (C=O) groups is 7. The van der Waals surface area contributed by atoms with E-state index in [4.69, 9.17) is 21.7 Å². The molecule has 12 N–H and O–H groups in total. The summed E-state index contributed by atoms with van der Waals surface area (Å²) in [7, 11) is 0. The molecule has 0 heterocycles. The Morgan fingerprint density at radius 3 is 1.77 bits per heavy atom. The number of hydrogen-bond acceptors (Lipinski definition) is 10. The predicted molar refractivity (Wildman–Crippen MR) is 133 cm³/mol. The molecule has 0 spiro atoms. The molecule has 6 atom stereocenters. The maximum Gasteiger partial charge on any atom is 0.325 e. The Bertz CT molecular complexity index is 898. The zero-order valence-electron chi connectivity index (χ0n) is 21.7. The van der Waals surface area contributed by atoms with Crippen LogP contribution in [0, 0.1) is 0 Å². The molecule has 0 radical (unpaired) electrons. The van der Waals surface area contributed by atoms with Crippen molar-refractivity contribution in [3.8, 4) is 0 Å². The van der Waals surface area contributed by atoms with E-state index in [9.17, 15) is 43.8 Å². The van der Waals surface area contributed by atoms with Crippen LogP contribution in [0.25, 0.3) is 0 Å². The Morgan fingerprint density at radius 2 is 1.28 bits per heavy atom. The van der Waals surface area contributed by atoms with Crippen molar-refractivity contribution in [3.63, 3.8) is 0 Å². The molecule has 0 unspecified atom stereocenters. The fourth-order valence-electron chi connectivity index (χ4n) is 3.13. The maximum absolute atomic E-state index is 12.9. The summed E-state index contributed by atoms with van der Waals surface area (Å²) >= 11 is 0. The van der Waals surface area contributed by atoms with Gasteiger partial charge in [0.25, 0.3) is 0 Å². The molecule has 0 fully saturated rings. The molecule has 0 rings (SSSR count). The van der Waals surface area contributed by atoms with E-state index in [1.807, 2.05) is 0 Å². The van der Waals surface area contributed by atoms with Crippen molar-refractivity contribution in [3.05, 3.63) is 0 Å². The summed E-state index contributed by atoms with van der Waals surface area (Å²) in [4.78, 5) is 83.7. The second-order valence-corrected chi connectivity index (χ2v) is 8.84. The number of aliphatic carboxylic acids is 3. The molecule has 4 amide bonds. The highest BCUT2D eigenvalue weighted by Gasteiger charge is 2.33. The van der Waals surface area contributed by atoms with E-state index in [2.05, 4.69) is 21.3 Å².